The minimum Gasteiger partial charge on any atom is -0.322 e. The molecule has 0 unspecified atom stereocenters. The summed E-state index contributed by atoms with van der Waals surface area (Å²) in [5, 5.41) is 24.2. The predicted octanol–water partition coefficient (Wildman–Crippen LogP) is 5.96. The molecular weight excluding hydrogens is 445 g/mol. The normalized spacial score (nSPS) is 11.4. The summed E-state index contributed by atoms with van der Waals surface area (Å²) in [5.41, 5.74) is 3.91. The van der Waals surface area contributed by atoms with Crippen LogP contribution in [0.15, 0.2) is 72.8 Å². The molecule has 2 heterocycles. The summed E-state index contributed by atoms with van der Waals surface area (Å²) in [4.78, 5) is 6.27. The van der Waals surface area contributed by atoms with Crippen LogP contribution in [0, 0.1) is 0 Å². The van der Waals surface area contributed by atoms with E-state index in [1.165, 1.54) is 4.80 Å². The minimum atomic E-state index is 0.341. The van der Waals surface area contributed by atoms with Crippen molar-refractivity contribution < 1.29 is 0 Å². The molecular formula is C23H13Cl2N7. The van der Waals surface area contributed by atoms with Crippen LogP contribution in [0.4, 0.5) is 11.6 Å². The zero-order valence-electron chi connectivity index (χ0n) is 16.4. The van der Waals surface area contributed by atoms with Crippen LogP contribution in [0.2, 0.25) is 10.0 Å². The Morgan fingerprint density at radius 2 is 1.28 bits per heavy atom. The largest absolute Gasteiger partial charge is 0.322 e. The van der Waals surface area contributed by atoms with Gasteiger partial charge in [-0.2, -0.15) is 0 Å². The molecule has 0 aliphatic carbocycles. The Kier molecular flexibility index (Phi) is 4.38. The number of fused-ring (bicyclic) bond motifs is 6. The summed E-state index contributed by atoms with van der Waals surface area (Å²) in [5.74, 6) is 0.341. The molecule has 0 saturated heterocycles. The summed E-state index contributed by atoms with van der Waals surface area (Å²) in [6, 6.07) is 22.7. The average molecular weight is 458 g/mol. The average Bonchev–Trinajstić information content (AvgIpc) is 3.27. The Balaban J connectivity index is 1.61. The Morgan fingerprint density at radius 1 is 0.625 bits per heavy atom. The van der Waals surface area contributed by atoms with Gasteiger partial charge in [0.15, 0.2) is 0 Å². The minimum absolute atomic E-state index is 0.341. The van der Waals surface area contributed by atoms with Crippen LogP contribution in [0.25, 0.3) is 38.5 Å². The Morgan fingerprint density at radius 3 is 2.06 bits per heavy atom. The molecule has 9 heteroatoms. The number of nitrogens with zero attached hydrogens (tertiary/aromatic N) is 6. The first-order valence-corrected chi connectivity index (χ1v) is 10.5. The molecule has 4 aromatic carbocycles. The number of benzene rings is 4. The summed E-state index contributed by atoms with van der Waals surface area (Å²) in [6.45, 7) is 0. The Bertz CT molecular complexity index is 1640. The second-order valence-electron chi connectivity index (χ2n) is 7.12. The topological polar surface area (TPSA) is 81.4 Å². The number of aromatic nitrogens is 6. The molecule has 0 saturated carbocycles. The van der Waals surface area contributed by atoms with E-state index in [9.17, 15) is 0 Å². The lowest BCUT2D eigenvalue weighted by molar-refractivity contribution is 0.766. The van der Waals surface area contributed by atoms with E-state index in [1.54, 1.807) is 12.1 Å². The number of hydrogen-bond acceptors (Lipinski definition) is 6. The number of anilines is 2. The van der Waals surface area contributed by atoms with E-state index >= 15 is 0 Å². The van der Waals surface area contributed by atoms with Gasteiger partial charge in [-0.3, -0.25) is 0 Å². The molecule has 2 aromatic heterocycles. The molecule has 1 N–H and O–H groups in total. The van der Waals surface area contributed by atoms with Crippen LogP contribution >= 0.6 is 23.2 Å². The van der Waals surface area contributed by atoms with Gasteiger partial charge in [0.05, 0.1) is 15.7 Å². The maximum atomic E-state index is 6.37. The molecule has 154 valence electrons. The highest BCUT2D eigenvalue weighted by Crippen LogP contribution is 2.32. The highest BCUT2D eigenvalue weighted by Gasteiger charge is 2.18. The lowest BCUT2D eigenvalue weighted by atomic mass is 10.1. The fraction of sp³-hybridized carbons (Fsp3) is 0. The van der Waals surface area contributed by atoms with E-state index in [1.807, 2.05) is 60.7 Å². The van der Waals surface area contributed by atoms with Crippen molar-refractivity contribution in [2.75, 3.05) is 5.32 Å². The van der Waals surface area contributed by atoms with Crippen molar-refractivity contribution in [2.45, 2.75) is 0 Å². The fourth-order valence-electron chi connectivity index (χ4n) is 3.67. The van der Waals surface area contributed by atoms with Gasteiger partial charge in [0.1, 0.15) is 27.8 Å². The predicted molar refractivity (Wildman–Crippen MR) is 127 cm³/mol. The molecule has 0 spiro atoms. The van der Waals surface area contributed by atoms with Gasteiger partial charge in [-0.25, -0.2) is 4.98 Å². The van der Waals surface area contributed by atoms with Gasteiger partial charge in [-0.1, -0.05) is 71.7 Å². The van der Waals surface area contributed by atoms with Crippen LogP contribution in [0.3, 0.4) is 0 Å². The molecule has 0 aliphatic rings. The molecule has 0 fully saturated rings. The highest BCUT2D eigenvalue weighted by molar-refractivity contribution is 6.33. The van der Waals surface area contributed by atoms with Crippen molar-refractivity contribution in [3.8, 4) is 5.69 Å². The molecule has 6 aromatic rings. The van der Waals surface area contributed by atoms with Gasteiger partial charge in [-0.15, -0.1) is 25.2 Å². The van der Waals surface area contributed by atoms with Crippen LogP contribution in [0.1, 0.15) is 0 Å². The maximum Gasteiger partial charge on any atom is 0.247 e. The summed E-state index contributed by atoms with van der Waals surface area (Å²) >= 11 is 12.6. The monoisotopic (exact) mass is 457 g/mol. The van der Waals surface area contributed by atoms with Gasteiger partial charge >= 0.3 is 0 Å². The van der Waals surface area contributed by atoms with E-state index in [4.69, 9.17) is 33.3 Å². The molecule has 0 atom stereocenters. The zero-order valence-corrected chi connectivity index (χ0v) is 17.9. The fourth-order valence-corrected chi connectivity index (χ4v) is 4.07. The molecule has 7 nitrogen and oxygen atoms in total. The van der Waals surface area contributed by atoms with E-state index in [0.717, 1.165) is 10.8 Å². The van der Waals surface area contributed by atoms with Gasteiger partial charge in [0.25, 0.3) is 0 Å². The Hall–Kier alpha value is -3.81. The van der Waals surface area contributed by atoms with Crippen molar-refractivity contribution >= 4 is 67.7 Å². The third-order valence-corrected chi connectivity index (χ3v) is 5.80. The van der Waals surface area contributed by atoms with E-state index < -0.39 is 0 Å². The quantitative estimate of drug-likeness (QED) is 0.330. The smallest absolute Gasteiger partial charge is 0.247 e. The number of nitrogens with one attached hydrogen (secondary N) is 1. The first kappa shape index (κ1) is 18.9. The SMILES string of the molecule is Clc1ccccc1Nc1nnc2c(n1)c1ccccc1c1nn(-c3ccccc3Cl)nc12. The van der Waals surface area contributed by atoms with Crippen molar-refractivity contribution in [3.63, 3.8) is 0 Å². The standard InChI is InChI=1S/C23H13Cl2N7/c24-15-9-3-5-11-17(15)26-23-27-19-13-7-1-2-8-14(13)20-22(21(19)28-29-23)31-32(30-20)18-12-6-4-10-16(18)25/h1-12H,(H,26,27,29). The molecule has 0 bridgehead atoms. The molecule has 6 rings (SSSR count). The highest BCUT2D eigenvalue weighted by atomic mass is 35.5. The van der Waals surface area contributed by atoms with Gasteiger partial charge in [0.2, 0.25) is 5.95 Å². The summed E-state index contributed by atoms with van der Waals surface area (Å²) < 4.78 is 0. The third kappa shape index (κ3) is 3.02. The van der Waals surface area contributed by atoms with E-state index in [0.29, 0.717) is 49.4 Å². The molecule has 0 aliphatic heterocycles. The maximum absolute atomic E-state index is 6.37. The van der Waals surface area contributed by atoms with Gasteiger partial charge in [0, 0.05) is 10.8 Å². The second-order valence-corrected chi connectivity index (χ2v) is 7.94. The van der Waals surface area contributed by atoms with E-state index in [2.05, 4.69) is 20.6 Å². The zero-order chi connectivity index (χ0) is 21.7. The van der Waals surface area contributed by atoms with Crippen molar-refractivity contribution in [1.82, 2.24) is 30.2 Å². The van der Waals surface area contributed by atoms with Crippen molar-refractivity contribution in [1.29, 1.82) is 0 Å². The summed E-state index contributed by atoms with van der Waals surface area (Å²) in [6.07, 6.45) is 0. The van der Waals surface area contributed by atoms with Gasteiger partial charge in [-0.05, 0) is 24.3 Å². The van der Waals surface area contributed by atoms with Crippen molar-refractivity contribution in [2.24, 2.45) is 0 Å². The number of hydrogen-bond donors (Lipinski definition) is 1. The second kappa shape index (κ2) is 7.40. The van der Waals surface area contributed by atoms with Crippen LogP contribution in [-0.2, 0) is 0 Å². The lowest BCUT2D eigenvalue weighted by Crippen LogP contribution is -2.01. The number of para-hydroxylation sites is 2. The molecule has 32 heavy (non-hydrogen) atoms. The first-order chi connectivity index (χ1) is 15.7. The molecule has 0 amide bonds. The summed E-state index contributed by atoms with van der Waals surface area (Å²) in [7, 11) is 0. The number of halogens is 2. The van der Waals surface area contributed by atoms with E-state index in [-0.39, 0.29) is 0 Å². The lowest BCUT2D eigenvalue weighted by Gasteiger charge is -2.08. The van der Waals surface area contributed by atoms with Crippen LogP contribution in [-0.4, -0.2) is 30.2 Å². The third-order valence-electron chi connectivity index (χ3n) is 5.15. The van der Waals surface area contributed by atoms with Crippen molar-refractivity contribution in [3.05, 3.63) is 82.8 Å². The number of rotatable bonds is 3. The van der Waals surface area contributed by atoms with Gasteiger partial charge < -0.3 is 5.32 Å². The first-order valence-electron chi connectivity index (χ1n) is 9.78. The van der Waals surface area contributed by atoms with Crippen LogP contribution < -0.4 is 5.32 Å². The Labute approximate surface area is 191 Å². The molecule has 0 radical (unpaired) electrons. The van der Waals surface area contributed by atoms with Crippen LogP contribution in [0.5, 0.6) is 0 Å².